The first-order valence-corrected chi connectivity index (χ1v) is 8.33. The van der Waals surface area contributed by atoms with Crippen molar-refractivity contribution in [2.75, 3.05) is 19.5 Å². The molecule has 7 heteroatoms. The van der Waals surface area contributed by atoms with E-state index in [0.717, 1.165) is 33.6 Å². The fourth-order valence-corrected chi connectivity index (χ4v) is 3.29. The van der Waals surface area contributed by atoms with Crippen LogP contribution in [0.1, 0.15) is 5.56 Å². The van der Waals surface area contributed by atoms with Gasteiger partial charge in [0.25, 0.3) is 0 Å². The quantitative estimate of drug-likeness (QED) is 0.741. The lowest BCUT2D eigenvalue weighted by Gasteiger charge is -2.12. The maximum absolute atomic E-state index is 5.42. The average molecular weight is 333 g/mol. The van der Waals surface area contributed by atoms with Gasteiger partial charge in [-0.1, -0.05) is 12.1 Å². The van der Waals surface area contributed by atoms with Gasteiger partial charge in [0.15, 0.2) is 17.3 Å². The molecule has 1 N–H and O–H groups in total. The number of anilines is 1. The second kappa shape index (κ2) is 6.76. The van der Waals surface area contributed by atoms with E-state index in [4.69, 9.17) is 9.47 Å². The summed E-state index contributed by atoms with van der Waals surface area (Å²) in [6.45, 7) is 0.596. The van der Waals surface area contributed by atoms with Crippen molar-refractivity contribution in [3.63, 3.8) is 0 Å². The van der Waals surface area contributed by atoms with Crippen LogP contribution in [-0.4, -0.2) is 23.6 Å². The van der Waals surface area contributed by atoms with E-state index >= 15 is 0 Å². The molecule has 0 fully saturated rings. The molecule has 0 bridgehead atoms. The summed E-state index contributed by atoms with van der Waals surface area (Å²) in [7, 11) is 3.27. The van der Waals surface area contributed by atoms with E-state index in [9.17, 15) is 0 Å². The number of methoxy groups -OCH3 is 2. The van der Waals surface area contributed by atoms with Gasteiger partial charge in [-0.05, 0) is 17.5 Å². The zero-order valence-electron chi connectivity index (χ0n) is 12.2. The molecule has 0 aliphatic carbocycles. The summed E-state index contributed by atoms with van der Waals surface area (Å²) in [5.41, 5.74) is 2.06. The van der Waals surface area contributed by atoms with Crippen LogP contribution in [0.5, 0.6) is 11.5 Å². The number of nitrogens with one attached hydrogen (secondary N) is 1. The topological polar surface area (TPSA) is 56.3 Å². The highest BCUT2D eigenvalue weighted by Gasteiger charge is 2.11. The number of para-hydroxylation sites is 1. The van der Waals surface area contributed by atoms with E-state index in [1.54, 1.807) is 25.6 Å². The Morgan fingerprint density at radius 2 is 2.09 bits per heavy atom. The van der Waals surface area contributed by atoms with Crippen molar-refractivity contribution in [1.29, 1.82) is 0 Å². The van der Waals surface area contributed by atoms with E-state index in [2.05, 4.69) is 14.7 Å². The Hall–Kier alpha value is -2.12. The van der Waals surface area contributed by atoms with Crippen LogP contribution >= 0.6 is 22.9 Å². The molecule has 3 rings (SSSR count). The van der Waals surface area contributed by atoms with Crippen LogP contribution in [0.4, 0.5) is 5.13 Å². The highest BCUT2D eigenvalue weighted by atomic mass is 32.1. The molecule has 0 unspecified atom stereocenters. The largest absolute Gasteiger partial charge is 0.493 e. The molecule has 0 saturated carbocycles. The third kappa shape index (κ3) is 3.05. The van der Waals surface area contributed by atoms with Gasteiger partial charge < -0.3 is 14.8 Å². The van der Waals surface area contributed by atoms with Gasteiger partial charge in [0.05, 0.1) is 14.2 Å². The highest BCUT2D eigenvalue weighted by molar-refractivity contribution is 7.10. The van der Waals surface area contributed by atoms with Gasteiger partial charge in [0, 0.05) is 34.6 Å². The molecular formula is C15H15N3O2S2. The van der Waals surface area contributed by atoms with Gasteiger partial charge in [-0.25, -0.2) is 0 Å². The van der Waals surface area contributed by atoms with Crippen molar-refractivity contribution in [2.24, 2.45) is 0 Å². The average Bonchev–Trinajstić information content (AvgIpc) is 3.23. The van der Waals surface area contributed by atoms with Gasteiger partial charge in [-0.3, -0.25) is 0 Å². The molecule has 5 nitrogen and oxygen atoms in total. The molecule has 2 heterocycles. The lowest BCUT2D eigenvalue weighted by Crippen LogP contribution is -2.02. The highest BCUT2D eigenvalue weighted by Crippen LogP contribution is 2.31. The first-order chi connectivity index (χ1) is 10.8. The Morgan fingerprint density at radius 1 is 1.18 bits per heavy atom. The molecule has 0 amide bonds. The normalized spacial score (nSPS) is 10.5. The van der Waals surface area contributed by atoms with Gasteiger partial charge in [-0.2, -0.15) is 20.7 Å². The summed E-state index contributed by atoms with van der Waals surface area (Å²) in [6.07, 6.45) is 0. The van der Waals surface area contributed by atoms with E-state index in [1.165, 1.54) is 11.5 Å². The Labute approximate surface area is 136 Å². The summed E-state index contributed by atoms with van der Waals surface area (Å²) in [4.78, 5) is 4.50. The molecule has 114 valence electrons. The minimum absolute atomic E-state index is 0.596. The molecule has 2 aromatic heterocycles. The smallest absolute Gasteiger partial charge is 0.203 e. The van der Waals surface area contributed by atoms with Crippen LogP contribution in [0.3, 0.4) is 0 Å². The Morgan fingerprint density at radius 3 is 2.82 bits per heavy atom. The van der Waals surface area contributed by atoms with Crippen molar-refractivity contribution < 1.29 is 9.47 Å². The summed E-state index contributed by atoms with van der Waals surface area (Å²) < 4.78 is 15.1. The number of rotatable bonds is 6. The van der Waals surface area contributed by atoms with E-state index in [1.807, 2.05) is 35.0 Å². The number of benzene rings is 1. The molecule has 0 radical (unpaired) electrons. The molecule has 22 heavy (non-hydrogen) atoms. The van der Waals surface area contributed by atoms with Crippen LogP contribution in [0.15, 0.2) is 35.0 Å². The molecule has 0 atom stereocenters. The van der Waals surface area contributed by atoms with Gasteiger partial charge in [0.2, 0.25) is 5.13 Å². The Bertz CT molecular complexity index is 741. The molecule has 0 spiro atoms. The Balaban J connectivity index is 1.73. The monoisotopic (exact) mass is 333 g/mol. The second-order valence-electron chi connectivity index (χ2n) is 4.44. The molecule has 0 saturated heterocycles. The predicted molar refractivity (Wildman–Crippen MR) is 90.1 cm³/mol. The zero-order valence-corrected chi connectivity index (χ0v) is 13.8. The lowest BCUT2D eigenvalue weighted by molar-refractivity contribution is 0.352. The SMILES string of the molecule is COc1cccc(CNc2nc(-c3ccsc3)ns2)c1OC. The van der Waals surface area contributed by atoms with E-state index in [-0.39, 0.29) is 0 Å². The molecule has 0 aliphatic heterocycles. The number of aromatic nitrogens is 2. The minimum atomic E-state index is 0.596. The second-order valence-corrected chi connectivity index (χ2v) is 5.97. The van der Waals surface area contributed by atoms with Crippen LogP contribution < -0.4 is 14.8 Å². The number of hydrogen-bond acceptors (Lipinski definition) is 7. The van der Waals surface area contributed by atoms with Gasteiger partial charge in [-0.15, -0.1) is 0 Å². The Kier molecular flexibility index (Phi) is 4.55. The van der Waals surface area contributed by atoms with Crippen LogP contribution in [0.25, 0.3) is 11.4 Å². The number of thiophene rings is 1. The van der Waals surface area contributed by atoms with Crippen LogP contribution in [0.2, 0.25) is 0 Å². The van der Waals surface area contributed by atoms with Crippen LogP contribution in [-0.2, 0) is 6.54 Å². The number of nitrogens with zero attached hydrogens (tertiary/aromatic N) is 2. The third-order valence-electron chi connectivity index (χ3n) is 3.12. The fourth-order valence-electron chi connectivity index (χ4n) is 2.07. The van der Waals surface area contributed by atoms with Crippen molar-refractivity contribution in [3.8, 4) is 22.9 Å². The van der Waals surface area contributed by atoms with Crippen molar-refractivity contribution in [3.05, 3.63) is 40.6 Å². The van der Waals surface area contributed by atoms with Gasteiger partial charge in [0.1, 0.15) is 0 Å². The molecule has 1 aromatic carbocycles. The summed E-state index contributed by atoms with van der Waals surface area (Å²) >= 11 is 2.99. The van der Waals surface area contributed by atoms with Crippen molar-refractivity contribution in [2.45, 2.75) is 6.54 Å². The number of ether oxygens (including phenoxy) is 2. The van der Waals surface area contributed by atoms with E-state index < -0.39 is 0 Å². The molecule has 0 aliphatic rings. The summed E-state index contributed by atoms with van der Waals surface area (Å²) in [5.74, 6) is 2.21. The maximum atomic E-state index is 5.42. The van der Waals surface area contributed by atoms with Crippen LogP contribution in [0, 0.1) is 0 Å². The standard InChI is InChI=1S/C15H15N3O2S2/c1-19-12-5-3-4-10(13(12)20-2)8-16-15-17-14(18-22-15)11-6-7-21-9-11/h3-7,9H,8H2,1-2H3,(H,16,17,18). The molecular weight excluding hydrogens is 318 g/mol. The van der Waals surface area contributed by atoms with Gasteiger partial charge >= 0.3 is 0 Å². The summed E-state index contributed by atoms with van der Waals surface area (Å²) in [5, 5.41) is 8.12. The predicted octanol–water partition coefficient (Wildman–Crippen LogP) is 3.90. The first kappa shape index (κ1) is 14.8. The van der Waals surface area contributed by atoms with E-state index in [0.29, 0.717) is 6.54 Å². The molecule has 3 aromatic rings. The van der Waals surface area contributed by atoms with Crippen molar-refractivity contribution in [1.82, 2.24) is 9.36 Å². The first-order valence-electron chi connectivity index (χ1n) is 6.62. The summed E-state index contributed by atoms with van der Waals surface area (Å²) in [6, 6.07) is 7.83. The third-order valence-corrected chi connectivity index (χ3v) is 4.48. The maximum Gasteiger partial charge on any atom is 0.203 e. The lowest BCUT2D eigenvalue weighted by atomic mass is 10.2. The van der Waals surface area contributed by atoms with Crippen molar-refractivity contribution >= 4 is 28.0 Å². The number of hydrogen-bond donors (Lipinski definition) is 1. The fraction of sp³-hybridized carbons (Fsp3) is 0.200. The zero-order chi connectivity index (χ0) is 15.4. The minimum Gasteiger partial charge on any atom is -0.493 e.